The Hall–Kier alpha value is -2.51. The van der Waals surface area contributed by atoms with Crippen molar-refractivity contribution in [1.29, 1.82) is 0 Å². The highest BCUT2D eigenvalue weighted by Crippen LogP contribution is 2.27. The zero-order valence-electron chi connectivity index (χ0n) is 14.7. The summed E-state index contributed by atoms with van der Waals surface area (Å²) in [6, 6.07) is 9.95. The van der Waals surface area contributed by atoms with Gasteiger partial charge in [-0.25, -0.2) is 9.67 Å². The number of aryl methyl sites for hydroxylation is 1. The number of hydrogen-bond donors (Lipinski definition) is 1. The van der Waals surface area contributed by atoms with Crippen molar-refractivity contribution < 1.29 is 4.79 Å². The highest BCUT2D eigenvalue weighted by atomic mass is 32.1. The minimum Gasteiger partial charge on any atom is -0.302 e. The van der Waals surface area contributed by atoms with Gasteiger partial charge in [0, 0.05) is 37.0 Å². The maximum absolute atomic E-state index is 12.3. The number of likely N-dealkylation sites (N-methyl/N-ethyl adjacent to an activating group) is 1. The molecule has 7 heteroatoms. The van der Waals surface area contributed by atoms with Gasteiger partial charge in [0.05, 0.1) is 17.6 Å². The first-order chi connectivity index (χ1) is 12.7. The van der Waals surface area contributed by atoms with Gasteiger partial charge in [0.15, 0.2) is 5.13 Å². The van der Waals surface area contributed by atoms with Gasteiger partial charge in [0.1, 0.15) is 0 Å². The number of hydrogen-bond acceptors (Lipinski definition) is 5. The maximum atomic E-state index is 12.3. The van der Waals surface area contributed by atoms with Gasteiger partial charge in [-0.1, -0.05) is 18.2 Å². The lowest BCUT2D eigenvalue weighted by atomic mass is 10.2. The molecule has 0 fully saturated rings. The first kappa shape index (κ1) is 16.9. The topological polar surface area (TPSA) is 63.1 Å². The number of fused-ring (bicyclic) bond motifs is 1. The molecule has 3 aromatic rings. The summed E-state index contributed by atoms with van der Waals surface area (Å²) < 4.78 is 1.83. The van der Waals surface area contributed by atoms with Gasteiger partial charge in [-0.05, 0) is 31.2 Å². The number of benzene rings is 1. The Morgan fingerprint density at radius 3 is 3.00 bits per heavy atom. The number of nitrogens with zero attached hydrogens (tertiary/aromatic N) is 4. The summed E-state index contributed by atoms with van der Waals surface area (Å²) in [5.41, 5.74) is 3.19. The van der Waals surface area contributed by atoms with Crippen molar-refractivity contribution in [3.8, 4) is 5.69 Å². The molecule has 4 rings (SSSR count). The van der Waals surface area contributed by atoms with Crippen LogP contribution in [0.2, 0.25) is 0 Å². The Bertz CT molecular complexity index is 902. The SMILES string of the molecule is CN1CCc2nc(NC(=O)CCc3cnn(-c4ccccc4)c3)sc2C1. The molecule has 0 spiro atoms. The molecule has 0 saturated carbocycles. The fourth-order valence-electron chi connectivity index (χ4n) is 3.03. The normalized spacial score (nSPS) is 14.2. The molecule has 134 valence electrons. The van der Waals surface area contributed by atoms with E-state index in [0.717, 1.165) is 41.6 Å². The average molecular weight is 367 g/mol. The predicted molar refractivity (Wildman–Crippen MR) is 103 cm³/mol. The number of aromatic nitrogens is 3. The van der Waals surface area contributed by atoms with Crippen LogP contribution in [0, 0.1) is 0 Å². The highest BCUT2D eigenvalue weighted by molar-refractivity contribution is 7.15. The van der Waals surface area contributed by atoms with E-state index >= 15 is 0 Å². The minimum absolute atomic E-state index is 0.00286. The molecule has 1 aromatic carbocycles. The smallest absolute Gasteiger partial charge is 0.226 e. The number of para-hydroxylation sites is 1. The van der Waals surface area contributed by atoms with E-state index in [9.17, 15) is 4.79 Å². The van der Waals surface area contributed by atoms with Crippen LogP contribution >= 0.6 is 11.3 Å². The van der Waals surface area contributed by atoms with Crippen molar-refractivity contribution in [3.05, 3.63) is 58.9 Å². The van der Waals surface area contributed by atoms with Gasteiger partial charge in [-0.3, -0.25) is 4.79 Å². The van der Waals surface area contributed by atoms with E-state index in [0.29, 0.717) is 12.8 Å². The molecule has 1 amide bonds. The number of carbonyl (C=O) groups is 1. The lowest BCUT2D eigenvalue weighted by Crippen LogP contribution is -2.25. The van der Waals surface area contributed by atoms with Crippen molar-refractivity contribution in [1.82, 2.24) is 19.7 Å². The summed E-state index contributed by atoms with van der Waals surface area (Å²) in [4.78, 5) is 20.4. The third-order valence-electron chi connectivity index (χ3n) is 4.47. The predicted octanol–water partition coefficient (Wildman–Crippen LogP) is 2.89. The van der Waals surface area contributed by atoms with Crippen molar-refractivity contribution in [2.75, 3.05) is 18.9 Å². The Kier molecular flexibility index (Phi) is 4.81. The maximum Gasteiger partial charge on any atom is 0.226 e. The number of nitrogens with one attached hydrogen (secondary N) is 1. The van der Waals surface area contributed by atoms with Gasteiger partial charge in [-0.2, -0.15) is 5.10 Å². The van der Waals surface area contributed by atoms with E-state index < -0.39 is 0 Å². The summed E-state index contributed by atoms with van der Waals surface area (Å²) in [6.45, 7) is 1.94. The van der Waals surface area contributed by atoms with Crippen LogP contribution in [0.4, 0.5) is 5.13 Å². The number of amides is 1. The molecule has 1 aliphatic rings. The average Bonchev–Trinajstić information content (AvgIpc) is 3.27. The molecule has 0 aliphatic carbocycles. The Morgan fingerprint density at radius 1 is 1.31 bits per heavy atom. The second-order valence-corrected chi connectivity index (χ2v) is 7.64. The summed E-state index contributed by atoms with van der Waals surface area (Å²) in [7, 11) is 2.11. The number of thiazole rings is 1. The van der Waals surface area contributed by atoms with Crippen molar-refractivity contribution in [2.24, 2.45) is 0 Å². The molecule has 0 unspecified atom stereocenters. The third-order valence-corrected chi connectivity index (χ3v) is 5.46. The Labute approximate surface area is 156 Å². The van der Waals surface area contributed by atoms with Gasteiger partial charge < -0.3 is 10.2 Å². The molecule has 26 heavy (non-hydrogen) atoms. The van der Waals surface area contributed by atoms with E-state index in [2.05, 4.69) is 27.3 Å². The van der Waals surface area contributed by atoms with E-state index in [1.807, 2.05) is 47.4 Å². The zero-order chi connectivity index (χ0) is 17.9. The van der Waals surface area contributed by atoms with Crippen LogP contribution in [-0.2, 0) is 24.2 Å². The Balaban J connectivity index is 1.33. The summed E-state index contributed by atoms with van der Waals surface area (Å²) in [6.07, 6.45) is 5.83. The summed E-state index contributed by atoms with van der Waals surface area (Å²) >= 11 is 1.59. The molecular formula is C19H21N5OS. The fraction of sp³-hybridized carbons (Fsp3) is 0.316. The minimum atomic E-state index is -0.00286. The molecule has 1 N–H and O–H groups in total. The van der Waals surface area contributed by atoms with Crippen LogP contribution in [-0.4, -0.2) is 39.2 Å². The first-order valence-corrected chi connectivity index (χ1v) is 9.55. The first-order valence-electron chi connectivity index (χ1n) is 8.73. The second kappa shape index (κ2) is 7.39. The van der Waals surface area contributed by atoms with Gasteiger partial charge in [-0.15, -0.1) is 11.3 Å². The molecule has 2 aromatic heterocycles. The van der Waals surface area contributed by atoms with Crippen LogP contribution in [0.1, 0.15) is 22.6 Å². The molecule has 0 bridgehead atoms. The lowest BCUT2D eigenvalue weighted by Gasteiger charge is -2.20. The molecule has 0 atom stereocenters. The standard InChI is InChI=1S/C19H21N5OS/c1-23-10-9-16-17(13-23)26-19(21-16)22-18(25)8-7-14-11-20-24(12-14)15-5-3-2-4-6-15/h2-6,11-12H,7-10,13H2,1H3,(H,21,22,25). The van der Waals surface area contributed by atoms with E-state index in [4.69, 9.17) is 0 Å². The third kappa shape index (κ3) is 3.84. The highest BCUT2D eigenvalue weighted by Gasteiger charge is 2.19. The van der Waals surface area contributed by atoms with Crippen LogP contribution in [0.5, 0.6) is 0 Å². The lowest BCUT2D eigenvalue weighted by molar-refractivity contribution is -0.116. The van der Waals surface area contributed by atoms with Crippen LogP contribution < -0.4 is 5.32 Å². The zero-order valence-corrected chi connectivity index (χ0v) is 15.5. The van der Waals surface area contributed by atoms with Crippen LogP contribution in [0.15, 0.2) is 42.7 Å². The van der Waals surface area contributed by atoms with Gasteiger partial charge in [0.25, 0.3) is 0 Å². The summed E-state index contributed by atoms with van der Waals surface area (Å²) in [5, 5.41) is 8.03. The number of rotatable bonds is 5. The van der Waals surface area contributed by atoms with E-state index in [-0.39, 0.29) is 5.91 Å². The van der Waals surface area contributed by atoms with Gasteiger partial charge >= 0.3 is 0 Å². The Morgan fingerprint density at radius 2 is 2.15 bits per heavy atom. The van der Waals surface area contributed by atoms with Crippen molar-refractivity contribution in [3.63, 3.8) is 0 Å². The van der Waals surface area contributed by atoms with Crippen molar-refractivity contribution in [2.45, 2.75) is 25.8 Å². The van der Waals surface area contributed by atoms with Crippen LogP contribution in [0.25, 0.3) is 5.69 Å². The molecular weight excluding hydrogens is 346 g/mol. The van der Waals surface area contributed by atoms with Gasteiger partial charge in [0.2, 0.25) is 5.91 Å². The number of anilines is 1. The van der Waals surface area contributed by atoms with E-state index in [1.165, 1.54) is 4.88 Å². The molecule has 0 radical (unpaired) electrons. The molecule has 6 nitrogen and oxygen atoms in total. The fourth-order valence-corrected chi connectivity index (χ4v) is 4.13. The molecule has 1 aliphatic heterocycles. The quantitative estimate of drug-likeness (QED) is 0.753. The largest absolute Gasteiger partial charge is 0.302 e. The molecule has 3 heterocycles. The van der Waals surface area contributed by atoms with E-state index in [1.54, 1.807) is 11.3 Å². The summed E-state index contributed by atoms with van der Waals surface area (Å²) in [5.74, 6) is -0.00286. The van der Waals surface area contributed by atoms with Crippen molar-refractivity contribution >= 4 is 22.4 Å². The number of carbonyl (C=O) groups excluding carboxylic acids is 1. The van der Waals surface area contributed by atoms with Crippen LogP contribution in [0.3, 0.4) is 0 Å². The molecule has 0 saturated heterocycles. The second-order valence-electron chi connectivity index (χ2n) is 6.55. The monoisotopic (exact) mass is 367 g/mol.